The van der Waals surface area contributed by atoms with Crippen LogP contribution in [0.1, 0.15) is 50.9 Å². The van der Waals surface area contributed by atoms with Gasteiger partial charge in [-0.2, -0.15) is 0 Å². The van der Waals surface area contributed by atoms with Crippen molar-refractivity contribution in [2.45, 2.75) is 40.5 Å². The molecule has 1 rings (SSSR count). The standard InChI is InChI=1S/C15H26N4O/c1-5-9-19(10-6-2)15-16-11-13(12-17-15)14(20)18(7-3)8-4/h11-12H,5-10H2,1-4H3. The first kappa shape index (κ1) is 16.4. The van der Waals surface area contributed by atoms with Gasteiger partial charge >= 0.3 is 0 Å². The highest BCUT2D eigenvalue weighted by molar-refractivity contribution is 5.93. The van der Waals surface area contributed by atoms with Gasteiger partial charge in [0.15, 0.2) is 0 Å². The van der Waals surface area contributed by atoms with Gasteiger partial charge in [0.25, 0.3) is 5.91 Å². The minimum atomic E-state index is -0.000849. The minimum Gasteiger partial charge on any atom is -0.341 e. The van der Waals surface area contributed by atoms with Crippen LogP contribution >= 0.6 is 0 Å². The second kappa shape index (κ2) is 8.51. The first-order valence-electron chi connectivity index (χ1n) is 7.54. The fourth-order valence-electron chi connectivity index (χ4n) is 2.14. The first-order chi connectivity index (χ1) is 9.67. The molecular formula is C15H26N4O. The number of rotatable bonds is 8. The maximum Gasteiger partial charge on any atom is 0.256 e. The van der Waals surface area contributed by atoms with Gasteiger partial charge in [-0.3, -0.25) is 4.79 Å². The van der Waals surface area contributed by atoms with Crippen molar-refractivity contribution in [3.63, 3.8) is 0 Å². The van der Waals surface area contributed by atoms with Gasteiger partial charge < -0.3 is 9.80 Å². The Balaban J connectivity index is 2.83. The predicted octanol–water partition coefficient (Wildman–Crippen LogP) is 2.59. The Bertz CT molecular complexity index is 395. The van der Waals surface area contributed by atoms with E-state index in [9.17, 15) is 4.79 Å². The molecule has 0 aromatic carbocycles. The van der Waals surface area contributed by atoms with E-state index < -0.39 is 0 Å². The van der Waals surface area contributed by atoms with Gasteiger partial charge in [-0.1, -0.05) is 13.8 Å². The summed E-state index contributed by atoms with van der Waals surface area (Å²) in [6.45, 7) is 11.5. The normalized spacial score (nSPS) is 10.4. The number of nitrogens with zero attached hydrogens (tertiary/aromatic N) is 4. The summed E-state index contributed by atoms with van der Waals surface area (Å²) < 4.78 is 0. The van der Waals surface area contributed by atoms with E-state index in [0.29, 0.717) is 24.6 Å². The van der Waals surface area contributed by atoms with Crippen molar-refractivity contribution in [1.29, 1.82) is 0 Å². The van der Waals surface area contributed by atoms with E-state index in [1.54, 1.807) is 17.3 Å². The third kappa shape index (κ3) is 4.18. The lowest BCUT2D eigenvalue weighted by atomic mass is 10.3. The highest BCUT2D eigenvalue weighted by atomic mass is 16.2. The third-order valence-corrected chi connectivity index (χ3v) is 3.21. The van der Waals surface area contributed by atoms with Gasteiger partial charge in [-0.15, -0.1) is 0 Å². The smallest absolute Gasteiger partial charge is 0.256 e. The summed E-state index contributed by atoms with van der Waals surface area (Å²) in [4.78, 5) is 24.8. The van der Waals surface area contributed by atoms with Crippen molar-refractivity contribution >= 4 is 11.9 Å². The van der Waals surface area contributed by atoms with E-state index >= 15 is 0 Å². The second-order valence-corrected chi connectivity index (χ2v) is 4.74. The molecule has 0 saturated carbocycles. The molecule has 1 aromatic rings. The van der Waals surface area contributed by atoms with Crippen LogP contribution in [0.15, 0.2) is 12.4 Å². The number of anilines is 1. The number of amides is 1. The van der Waals surface area contributed by atoms with Crippen molar-refractivity contribution in [2.24, 2.45) is 0 Å². The van der Waals surface area contributed by atoms with Crippen molar-refractivity contribution in [2.75, 3.05) is 31.1 Å². The number of hydrogen-bond donors (Lipinski definition) is 0. The molecule has 5 heteroatoms. The molecule has 0 N–H and O–H groups in total. The number of carbonyl (C=O) groups is 1. The molecule has 0 saturated heterocycles. The highest BCUT2D eigenvalue weighted by Gasteiger charge is 2.14. The molecule has 0 bridgehead atoms. The zero-order valence-electron chi connectivity index (χ0n) is 13.1. The SMILES string of the molecule is CCCN(CCC)c1ncc(C(=O)N(CC)CC)cn1. The van der Waals surface area contributed by atoms with Crippen molar-refractivity contribution in [3.05, 3.63) is 18.0 Å². The molecule has 0 spiro atoms. The molecule has 0 aliphatic heterocycles. The van der Waals surface area contributed by atoms with Crippen LogP contribution in [-0.2, 0) is 0 Å². The molecule has 1 aromatic heterocycles. The molecule has 112 valence electrons. The van der Waals surface area contributed by atoms with Crippen molar-refractivity contribution in [1.82, 2.24) is 14.9 Å². The lowest BCUT2D eigenvalue weighted by molar-refractivity contribution is 0.0772. The Labute approximate surface area is 122 Å². The van der Waals surface area contributed by atoms with Crippen LogP contribution in [0.2, 0.25) is 0 Å². The molecule has 5 nitrogen and oxygen atoms in total. The molecule has 20 heavy (non-hydrogen) atoms. The van der Waals surface area contributed by atoms with Gasteiger partial charge in [0, 0.05) is 38.6 Å². The van der Waals surface area contributed by atoms with E-state index in [4.69, 9.17) is 0 Å². The van der Waals surface area contributed by atoms with Crippen LogP contribution in [0, 0.1) is 0 Å². The van der Waals surface area contributed by atoms with Gasteiger partial charge in [0.2, 0.25) is 5.95 Å². The average Bonchev–Trinajstić information content (AvgIpc) is 2.48. The number of hydrogen-bond acceptors (Lipinski definition) is 4. The summed E-state index contributed by atoms with van der Waals surface area (Å²) in [6.07, 6.45) is 5.40. The Morgan fingerprint density at radius 3 is 1.90 bits per heavy atom. The zero-order chi connectivity index (χ0) is 15.0. The van der Waals surface area contributed by atoms with Crippen LogP contribution < -0.4 is 4.90 Å². The van der Waals surface area contributed by atoms with Crippen molar-refractivity contribution < 1.29 is 4.79 Å². The molecular weight excluding hydrogens is 252 g/mol. The fraction of sp³-hybridized carbons (Fsp3) is 0.667. The van der Waals surface area contributed by atoms with Crippen LogP contribution in [0.4, 0.5) is 5.95 Å². The lowest BCUT2D eigenvalue weighted by Gasteiger charge is -2.22. The maximum absolute atomic E-state index is 12.2. The largest absolute Gasteiger partial charge is 0.341 e. The molecule has 0 fully saturated rings. The fourth-order valence-corrected chi connectivity index (χ4v) is 2.14. The Hall–Kier alpha value is -1.65. The Kier molecular flexibility index (Phi) is 6.98. The average molecular weight is 278 g/mol. The van der Waals surface area contributed by atoms with E-state index in [1.165, 1.54) is 0 Å². The first-order valence-corrected chi connectivity index (χ1v) is 7.54. The molecule has 0 atom stereocenters. The highest BCUT2D eigenvalue weighted by Crippen LogP contribution is 2.10. The van der Waals surface area contributed by atoms with Crippen molar-refractivity contribution in [3.8, 4) is 0 Å². The summed E-state index contributed by atoms with van der Waals surface area (Å²) in [5.41, 5.74) is 0.561. The van der Waals surface area contributed by atoms with E-state index in [-0.39, 0.29) is 5.91 Å². The van der Waals surface area contributed by atoms with Crippen LogP contribution in [0.5, 0.6) is 0 Å². The zero-order valence-corrected chi connectivity index (χ0v) is 13.1. The molecule has 1 heterocycles. The molecule has 0 unspecified atom stereocenters. The van der Waals surface area contributed by atoms with Crippen LogP contribution in [-0.4, -0.2) is 47.0 Å². The molecule has 0 radical (unpaired) electrons. The third-order valence-electron chi connectivity index (χ3n) is 3.21. The van der Waals surface area contributed by atoms with E-state index in [2.05, 4.69) is 28.7 Å². The predicted molar refractivity (Wildman–Crippen MR) is 82.1 cm³/mol. The van der Waals surface area contributed by atoms with E-state index in [1.807, 2.05) is 13.8 Å². The summed E-state index contributed by atoms with van der Waals surface area (Å²) >= 11 is 0. The Morgan fingerprint density at radius 1 is 1.00 bits per heavy atom. The maximum atomic E-state index is 12.2. The summed E-state index contributed by atoms with van der Waals surface area (Å²) in [5, 5.41) is 0. The summed E-state index contributed by atoms with van der Waals surface area (Å²) in [6, 6.07) is 0. The lowest BCUT2D eigenvalue weighted by Crippen LogP contribution is -2.31. The molecule has 1 amide bonds. The quantitative estimate of drug-likeness (QED) is 0.733. The Morgan fingerprint density at radius 2 is 1.50 bits per heavy atom. The van der Waals surface area contributed by atoms with E-state index in [0.717, 1.165) is 25.9 Å². The summed E-state index contributed by atoms with van der Waals surface area (Å²) in [5.74, 6) is 0.712. The minimum absolute atomic E-state index is 0.000849. The topological polar surface area (TPSA) is 49.3 Å². The van der Waals surface area contributed by atoms with Crippen LogP contribution in [0.3, 0.4) is 0 Å². The van der Waals surface area contributed by atoms with Gasteiger partial charge in [-0.05, 0) is 26.7 Å². The second-order valence-electron chi connectivity index (χ2n) is 4.74. The van der Waals surface area contributed by atoms with Gasteiger partial charge in [0.05, 0.1) is 5.56 Å². The summed E-state index contributed by atoms with van der Waals surface area (Å²) in [7, 11) is 0. The molecule has 0 aliphatic rings. The molecule has 0 aliphatic carbocycles. The van der Waals surface area contributed by atoms with Crippen LogP contribution in [0.25, 0.3) is 0 Å². The van der Waals surface area contributed by atoms with Gasteiger partial charge in [0.1, 0.15) is 0 Å². The number of aromatic nitrogens is 2. The number of carbonyl (C=O) groups excluding carboxylic acids is 1. The van der Waals surface area contributed by atoms with Gasteiger partial charge in [-0.25, -0.2) is 9.97 Å². The monoisotopic (exact) mass is 278 g/mol.